The van der Waals surface area contributed by atoms with Gasteiger partial charge in [0, 0.05) is 6.07 Å². The fraction of sp³-hybridized carbons (Fsp3) is 0.375. The molecule has 1 aromatic heterocycles. The molecule has 0 amide bonds. The first-order valence-corrected chi connectivity index (χ1v) is 6.94. The van der Waals surface area contributed by atoms with E-state index in [1.807, 2.05) is 19.2 Å². The normalized spacial score (nSPS) is 18.0. The first kappa shape index (κ1) is 13.1. The topological polar surface area (TPSA) is 47.0 Å². The van der Waals surface area contributed by atoms with Gasteiger partial charge in [0.2, 0.25) is 5.88 Å². The van der Waals surface area contributed by atoms with Gasteiger partial charge in [-0.2, -0.15) is 5.10 Å². The van der Waals surface area contributed by atoms with E-state index in [1.54, 1.807) is 7.11 Å². The van der Waals surface area contributed by atoms with E-state index in [0.29, 0.717) is 11.8 Å². The van der Waals surface area contributed by atoms with Crippen LogP contribution in [0.5, 0.6) is 5.88 Å². The van der Waals surface area contributed by atoms with Gasteiger partial charge in [0.05, 0.1) is 18.8 Å². The van der Waals surface area contributed by atoms with Crippen LogP contribution in [0.1, 0.15) is 35.2 Å². The van der Waals surface area contributed by atoms with Crippen LogP contribution in [0.3, 0.4) is 0 Å². The van der Waals surface area contributed by atoms with Gasteiger partial charge in [0.1, 0.15) is 0 Å². The monoisotopic (exact) mass is 269 g/mol. The van der Waals surface area contributed by atoms with Gasteiger partial charge in [-0.3, -0.25) is 0 Å². The number of aromatic nitrogens is 2. The van der Waals surface area contributed by atoms with E-state index < -0.39 is 0 Å². The molecule has 1 aliphatic carbocycles. The number of fused-ring (bicyclic) bond motifs is 1. The Kier molecular flexibility index (Phi) is 3.65. The summed E-state index contributed by atoms with van der Waals surface area (Å²) in [5.41, 5.74) is 3.93. The third kappa shape index (κ3) is 2.39. The highest BCUT2D eigenvalue weighted by Crippen LogP contribution is 2.40. The van der Waals surface area contributed by atoms with E-state index in [-0.39, 0.29) is 6.04 Å². The Morgan fingerprint density at radius 2 is 2.10 bits per heavy atom. The molecule has 2 aromatic rings. The molecule has 1 aromatic carbocycles. The SMILES string of the molecule is CNC(CC1Cc2ccccc21)c1ccc(OC)nn1. The van der Waals surface area contributed by atoms with E-state index in [0.717, 1.165) is 18.5 Å². The summed E-state index contributed by atoms with van der Waals surface area (Å²) in [6.45, 7) is 0. The average Bonchev–Trinajstić information content (AvgIpc) is 2.49. The molecule has 2 unspecified atom stereocenters. The molecule has 3 rings (SSSR count). The van der Waals surface area contributed by atoms with Gasteiger partial charge in [-0.05, 0) is 43.0 Å². The third-order valence-electron chi connectivity index (χ3n) is 4.06. The zero-order chi connectivity index (χ0) is 13.9. The minimum atomic E-state index is 0.228. The summed E-state index contributed by atoms with van der Waals surface area (Å²) in [6, 6.07) is 12.8. The van der Waals surface area contributed by atoms with Crippen LogP contribution in [0.2, 0.25) is 0 Å². The van der Waals surface area contributed by atoms with Crippen molar-refractivity contribution in [3.8, 4) is 5.88 Å². The lowest BCUT2D eigenvalue weighted by molar-refractivity contribution is 0.386. The minimum Gasteiger partial charge on any atom is -0.480 e. The van der Waals surface area contributed by atoms with Crippen LogP contribution in [0.4, 0.5) is 0 Å². The molecule has 0 fully saturated rings. The molecule has 0 bridgehead atoms. The largest absolute Gasteiger partial charge is 0.480 e. The lowest BCUT2D eigenvalue weighted by Gasteiger charge is -2.32. The summed E-state index contributed by atoms with van der Waals surface area (Å²) in [6.07, 6.45) is 2.21. The highest BCUT2D eigenvalue weighted by molar-refractivity contribution is 5.40. The lowest BCUT2D eigenvalue weighted by Crippen LogP contribution is -2.25. The predicted molar refractivity (Wildman–Crippen MR) is 77.9 cm³/mol. The number of ether oxygens (including phenoxy) is 1. The summed E-state index contributed by atoms with van der Waals surface area (Å²) in [5, 5.41) is 11.6. The van der Waals surface area contributed by atoms with Gasteiger partial charge in [-0.15, -0.1) is 5.10 Å². The van der Waals surface area contributed by atoms with Crippen LogP contribution in [0, 0.1) is 0 Å². The van der Waals surface area contributed by atoms with Crippen LogP contribution < -0.4 is 10.1 Å². The van der Waals surface area contributed by atoms with Crippen LogP contribution in [0.15, 0.2) is 36.4 Å². The van der Waals surface area contributed by atoms with Crippen LogP contribution in [0.25, 0.3) is 0 Å². The lowest BCUT2D eigenvalue weighted by atomic mass is 9.74. The minimum absolute atomic E-state index is 0.228. The number of methoxy groups -OCH3 is 1. The van der Waals surface area contributed by atoms with E-state index in [2.05, 4.69) is 39.8 Å². The van der Waals surface area contributed by atoms with Crippen molar-refractivity contribution in [2.45, 2.75) is 24.8 Å². The molecule has 20 heavy (non-hydrogen) atoms. The summed E-state index contributed by atoms with van der Waals surface area (Å²) in [4.78, 5) is 0. The summed E-state index contributed by atoms with van der Waals surface area (Å²) < 4.78 is 5.05. The average molecular weight is 269 g/mol. The zero-order valence-corrected chi connectivity index (χ0v) is 11.8. The molecule has 0 saturated carbocycles. The maximum absolute atomic E-state index is 5.05. The van der Waals surface area contributed by atoms with Crippen molar-refractivity contribution in [2.75, 3.05) is 14.2 Å². The van der Waals surface area contributed by atoms with E-state index in [9.17, 15) is 0 Å². The second-order valence-corrected chi connectivity index (χ2v) is 5.18. The fourth-order valence-electron chi connectivity index (χ4n) is 2.87. The second kappa shape index (κ2) is 5.59. The molecule has 4 heteroatoms. The van der Waals surface area contributed by atoms with Crippen LogP contribution in [-0.2, 0) is 6.42 Å². The fourth-order valence-corrected chi connectivity index (χ4v) is 2.87. The number of rotatable bonds is 5. The molecular formula is C16H19N3O. The Balaban J connectivity index is 1.72. The Bertz CT molecular complexity index is 583. The molecule has 1 aliphatic rings. The van der Waals surface area contributed by atoms with Gasteiger partial charge in [0.15, 0.2) is 0 Å². The van der Waals surface area contributed by atoms with Crippen LogP contribution >= 0.6 is 0 Å². The number of nitrogens with zero attached hydrogens (tertiary/aromatic N) is 2. The maximum Gasteiger partial charge on any atom is 0.233 e. The van der Waals surface area contributed by atoms with E-state index in [1.165, 1.54) is 11.1 Å². The van der Waals surface area contributed by atoms with Gasteiger partial charge < -0.3 is 10.1 Å². The van der Waals surface area contributed by atoms with Crippen molar-refractivity contribution < 1.29 is 4.74 Å². The van der Waals surface area contributed by atoms with Crippen molar-refractivity contribution in [1.29, 1.82) is 0 Å². The number of nitrogens with one attached hydrogen (secondary N) is 1. The highest BCUT2D eigenvalue weighted by atomic mass is 16.5. The quantitative estimate of drug-likeness (QED) is 0.906. The first-order valence-electron chi connectivity index (χ1n) is 6.94. The standard InChI is InChI=1S/C16H19N3O/c1-17-15(14-7-8-16(20-2)19-18-14)10-12-9-11-5-3-4-6-13(11)12/h3-8,12,15,17H,9-10H2,1-2H3. The van der Waals surface area contributed by atoms with Gasteiger partial charge in [-0.1, -0.05) is 24.3 Å². The molecule has 1 heterocycles. The predicted octanol–water partition coefficient (Wildman–Crippen LogP) is 2.48. The summed E-state index contributed by atoms with van der Waals surface area (Å²) in [5.74, 6) is 1.17. The number of hydrogen-bond acceptors (Lipinski definition) is 4. The molecule has 104 valence electrons. The first-order chi connectivity index (χ1) is 9.81. The van der Waals surface area contributed by atoms with Crippen molar-refractivity contribution >= 4 is 0 Å². The third-order valence-corrected chi connectivity index (χ3v) is 4.06. The highest BCUT2D eigenvalue weighted by Gasteiger charge is 2.28. The number of hydrogen-bond donors (Lipinski definition) is 1. The van der Waals surface area contributed by atoms with Crippen molar-refractivity contribution in [1.82, 2.24) is 15.5 Å². The van der Waals surface area contributed by atoms with Gasteiger partial charge >= 0.3 is 0 Å². The molecular weight excluding hydrogens is 250 g/mol. The van der Waals surface area contributed by atoms with Crippen LogP contribution in [-0.4, -0.2) is 24.4 Å². The molecule has 0 radical (unpaired) electrons. The molecule has 0 spiro atoms. The Morgan fingerprint density at radius 1 is 1.25 bits per heavy atom. The summed E-state index contributed by atoms with van der Waals surface area (Å²) in [7, 11) is 3.58. The van der Waals surface area contributed by atoms with Gasteiger partial charge in [-0.25, -0.2) is 0 Å². The van der Waals surface area contributed by atoms with Crippen molar-refractivity contribution in [3.05, 3.63) is 53.2 Å². The molecule has 0 saturated heterocycles. The van der Waals surface area contributed by atoms with E-state index >= 15 is 0 Å². The Labute approximate surface area is 119 Å². The zero-order valence-electron chi connectivity index (χ0n) is 11.8. The Hall–Kier alpha value is -1.94. The van der Waals surface area contributed by atoms with Crippen molar-refractivity contribution in [3.63, 3.8) is 0 Å². The molecule has 1 N–H and O–H groups in total. The molecule has 2 atom stereocenters. The smallest absolute Gasteiger partial charge is 0.233 e. The molecule has 4 nitrogen and oxygen atoms in total. The molecule has 0 aliphatic heterocycles. The second-order valence-electron chi connectivity index (χ2n) is 5.18. The van der Waals surface area contributed by atoms with Gasteiger partial charge in [0.25, 0.3) is 0 Å². The Morgan fingerprint density at radius 3 is 2.75 bits per heavy atom. The maximum atomic E-state index is 5.05. The number of benzene rings is 1. The van der Waals surface area contributed by atoms with E-state index in [4.69, 9.17) is 4.74 Å². The summed E-state index contributed by atoms with van der Waals surface area (Å²) >= 11 is 0. The van der Waals surface area contributed by atoms with Crippen molar-refractivity contribution in [2.24, 2.45) is 0 Å².